The smallest absolute Gasteiger partial charge is 0.263 e. The van der Waals surface area contributed by atoms with E-state index in [1.165, 1.54) is 12.7 Å². The highest BCUT2D eigenvalue weighted by Gasteiger charge is 2.16. The quantitative estimate of drug-likeness (QED) is 0.597. The molecule has 122 valence electrons. The lowest BCUT2D eigenvalue weighted by Gasteiger charge is -2.08. The molecule has 0 radical (unpaired) electrons. The Morgan fingerprint density at radius 1 is 1.00 bits per heavy atom. The SMILES string of the molecule is Clc1cccc(Nc2ncncc2-c2nc(-c3cncnc3)no2)c1. The van der Waals surface area contributed by atoms with Gasteiger partial charge in [-0.25, -0.2) is 19.9 Å². The number of halogens is 1. The molecule has 3 heterocycles. The van der Waals surface area contributed by atoms with Crippen LogP contribution in [0.25, 0.3) is 22.8 Å². The molecule has 0 fully saturated rings. The Morgan fingerprint density at radius 3 is 2.68 bits per heavy atom. The van der Waals surface area contributed by atoms with Gasteiger partial charge in [-0.2, -0.15) is 4.98 Å². The zero-order chi connectivity index (χ0) is 17.1. The van der Waals surface area contributed by atoms with E-state index in [0.29, 0.717) is 27.8 Å². The molecule has 8 nitrogen and oxygen atoms in total. The molecule has 4 aromatic rings. The van der Waals surface area contributed by atoms with Crippen molar-refractivity contribution in [3.8, 4) is 22.8 Å². The van der Waals surface area contributed by atoms with Crippen molar-refractivity contribution in [1.29, 1.82) is 0 Å². The number of nitrogens with zero attached hydrogens (tertiary/aromatic N) is 6. The van der Waals surface area contributed by atoms with Gasteiger partial charge in [0.25, 0.3) is 5.89 Å². The van der Waals surface area contributed by atoms with E-state index in [9.17, 15) is 0 Å². The molecule has 1 aromatic carbocycles. The lowest BCUT2D eigenvalue weighted by molar-refractivity contribution is 0.432. The van der Waals surface area contributed by atoms with Crippen LogP contribution in [-0.2, 0) is 0 Å². The molecular formula is C16H10ClN7O. The number of benzene rings is 1. The molecule has 0 saturated carbocycles. The third kappa shape index (κ3) is 3.29. The zero-order valence-corrected chi connectivity index (χ0v) is 13.4. The minimum absolute atomic E-state index is 0.281. The van der Waals surface area contributed by atoms with Crippen molar-refractivity contribution in [2.45, 2.75) is 0 Å². The molecule has 1 N–H and O–H groups in total. The van der Waals surface area contributed by atoms with Crippen molar-refractivity contribution < 1.29 is 4.52 Å². The van der Waals surface area contributed by atoms with Crippen LogP contribution in [0.1, 0.15) is 0 Å². The highest BCUT2D eigenvalue weighted by Crippen LogP contribution is 2.28. The van der Waals surface area contributed by atoms with E-state index in [1.54, 1.807) is 30.7 Å². The van der Waals surface area contributed by atoms with Crippen LogP contribution in [0.5, 0.6) is 0 Å². The number of hydrogen-bond donors (Lipinski definition) is 1. The molecule has 0 amide bonds. The number of nitrogens with one attached hydrogen (secondary N) is 1. The Kier molecular flexibility index (Phi) is 4.01. The van der Waals surface area contributed by atoms with Gasteiger partial charge in [0.1, 0.15) is 24.0 Å². The van der Waals surface area contributed by atoms with Crippen LogP contribution in [0.15, 0.2) is 60.0 Å². The maximum atomic E-state index is 6.01. The molecule has 0 saturated heterocycles. The summed E-state index contributed by atoms with van der Waals surface area (Å²) in [6, 6.07) is 7.29. The third-order valence-corrected chi connectivity index (χ3v) is 3.51. The summed E-state index contributed by atoms with van der Waals surface area (Å²) < 4.78 is 5.34. The minimum Gasteiger partial charge on any atom is -0.339 e. The monoisotopic (exact) mass is 351 g/mol. The summed E-state index contributed by atoms with van der Waals surface area (Å²) in [5.74, 6) is 1.19. The lowest BCUT2D eigenvalue weighted by atomic mass is 10.2. The van der Waals surface area contributed by atoms with Crippen molar-refractivity contribution in [2.24, 2.45) is 0 Å². The fourth-order valence-electron chi connectivity index (χ4n) is 2.15. The first kappa shape index (κ1) is 15.2. The molecule has 4 rings (SSSR count). The average Bonchev–Trinajstić information content (AvgIpc) is 3.13. The molecule has 25 heavy (non-hydrogen) atoms. The van der Waals surface area contributed by atoms with Crippen LogP contribution < -0.4 is 5.32 Å². The molecule has 0 unspecified atom stereocenters. The molecule has 9 heteroatoms. The summed E-state index contributed by atoms with van der Waals surface area (Å²) in [4.78, 5) is 20.5. The summed E-state index contributed by atoms with van der Waals surface area (Å²) in [7, 11) is 0. The maximum absolute atomic E-state index is 6.01. The largest absolute Gasteiger partial charge is 0.339 e. The van der Waals surface area contributed by atoms with Gasteiger partial charge >= 0.3 is 0 Å². The molecule has 0 aliphatic rings. The van der Waals surface area contributed by atoms with Gasteiger partial charge < -0.3 is 9.84 Å². The Hall–Kier alpha value is -3.39. The molecule has 0 bridgehead atoms. The van der Waals surface area contributed by atoms with Gasteiger partial charge in [-0.15, -0.1) is 0 Å². The van der Waals surface area contributed by atoms with Crippen LogP contribution in [0, 0.1) is 0 Å². The molecule has 3 aromatic heterocycles. The topological polar surface area (TPSA) is 103 Å². The Labute approximate surface area is 147 Å². The van der Waals surface area contributed by atoms with Gasteiger partial charge in [-0.1, -0.05) is 22.8 Å². The second kappa shape index (κ2) is 6.62. The lowest BCUT2D eigenvalue weighted by Crippen LogP contribution is -1.97. The predicted molar refractivity (Wildman–Crippen MR) is 91.1 cm³/mol. The Balaban J connectivity index is 1.69. The van der Waals surface area contributed by atoms with Gasteiger partial charge in [0.15, 0.2) is 0 Å². The number of rotatable bonds is 4. The van der Waals surface area contributed by atoms with Crippen LogP contribution in [0.2, 0.25) is 5.02 Å². The summed E-state index contributed by atoms with van der Waals surface area (Å²) >= 11 is 6.01. The third-order valence-electron chi connectivity index (χ3n) is 3.27. The van der Waals surface area contributed by atoms with Crippen molar-refractivity contribution >= 4 is 23.1 Å². The average molecular weight is 352 g/mol. The molecule has 0 atom stereocenters. The molecule has 0 spiro atoms. The van der Waals surface area contributed by atoms with Crippen LogP contribution in [0.3, 0.4) is 0 Å². The van der Waals surface area contributed by atoms with E-state index >= 15 is 0 Å². The number of hydrogen-bond acceptors (Lipinski definition) is 8. The molecule has 0 aliphatic carbocycles. The van der Waals surface area contributed by atoms with E-state index in [2.05, 4.69) is 35.4 Å². The van der Waals surface area contributed by atoms with E-state index in [0.717, 1.165) is 5.69 Å². The van der Waals surface area contributed by atoms with Gasteiger partial charge in [-0.05, 0) is 18.2 Å². The Morgan fingerprint density at radius 2 is 1.84 bits per heavy atom. The fourth-order valence-corrected chi connectivity index (χ4v) is 2.34. The summed E-state index contributed by atoms with van der Waals surface area (Å²) in [6.07, 6.45) is 7.67. The van der Waals surface area contributed by atoms with Crippen molar-refractivity contribution in [3.05, 3.63) is 60.5 Å². The first-order valence-corrected chi connectivity index (χ1v) is 7.59. The number of aromatic nitrogens is 6. The maximum Gasteiger partial charge on any atom is 0.263 e. The summed E-state index contributed by atoms with van der Waals surface area (Å²) in [5, 5.41) is 7.74. The Bertz CT molecular complexity index is 1010. The van der Waals surface area contributed by atoms with Crippen molar-refractivity contribution in [1.82, 2.24) is 30.1 Å². The number of anilines is 2. The second-order valence-electron chi connectivity index (χ2n) is 4.97. The standard InChI is InChI=1S/C16H10ClN7O/c17-11-2-1-3-12(4-11)22-15-13(7-20-9-21-15)16-23-14(24-25-16)10-5-18-8-19-6-10/h1-9H,(H,20,21,22). The fraction of sp³-hybridized carbons (Fsp3) is 0. The second-order valence-corrected chi connectivity index (χ2v) is 5.41. The molecule has 0 aliphatic heterocycles. The van der Waals surface area contributed by atoms with Crippen molar-refractivity contribution in [3.63, 3.8) is 0 Å². The van der Waals surface area contributed by atoms with Gasteiger partial charge in [0.2, 0.25) is 5.82 Å². The zero-order valence-electron chi connectivity index (χ0n) is 12.7. The van der Waals surface area contributed by atoms with E-state index in [-0.39, 0.29) is 5.89 Å². The summed E-state index contributed by atoms with van der Waals surface area (Å²) in [6.45, 7) is 0. The van der Waals surface area contributed by atoms with E-state index in [1.807, 2.05) is 12.1 Å². The normalized spacial score (nSPS) is 10.6. The highest BCUT2D eigenvalue weighted by atomic mass is 35.5. The first-order valence-electron chi connectivity index (χ1n) is 7.21. The van der Waals surface area contributed by atoms with Gasteiger partial charge in [0, 0.05) is 29.3 Å². The van der Waals surface area contributed by atoms with E-state index < -0.39 is 0 Å². The van der Waals surface area contributed by atoms with Gasteiger partial charge in [0.05, 0.1) is 5.56 Å². The van der Waals surface area contributed by atoms with E-state index in [4.69, 9.17) is 16.1 Å². The predicted octanol–water partition coefficient (Wildman–Crippen LogP) is 3.38. The highest BCUT2D eigenvalue weighted by molar-refractivity contribution is 6.30. The van der Waals surface area contributed by atoms with Crippen LogP contribution >= 0.6 is 11.6 Å². The first-order chi connectivity index (χ1) is 12.3. The minimum atomic E-state index is 0.281. The van der Waals surface area contributed by atoms with Crippen LogP contribution in [0.4, 0.5) is 11.5 Å². The molecular weight excluding hydrogens is 342 g/mol. The van der Waals surface area contributed by atoms with Crippen LogP contribution in [-0.4, -0.2) is 30.1 Å². The van der Waals surface area contributed by atoms with Crippen molar-refractivity contribution in [2.75, 3.05) is 5.32 Å². The van der Waals surface area contributed by atoms with Gasteiger partial charge in [-0.3, -0.25) is 0 Å². The summed E-state index contributed by atoms with van der Waals surface area (Å²) in [5.41, 5.74) is 2.00.